The molecule has 7 aromatic carbocycles. The summed E-state index contributed by atoms with van der Waals surface area (Å²) in [6, 6.07) is 65.7. The first-order valence-electron chi connectivity index (χ1n) is 23.6. The van der Waals surface area contributed by atoms with Crippen LogP contribution in [0.15, 0.2) is 182 Å². The number of nitrogens with zero attached hydrogens (tertiary/aromatic N) is 2. The highest BCUT2D eigenvalue weighted by atomic mass is 15.1. The Balaban J connectivity index is 0.000000915. The molecule has 1 aliphatic carbocycles. The fourth-order valence-corrected chi connectivity index (χ4v) is 8.42. The zero-order chi connectivity index (χ0) is 43.6. The van der Waals surface area contributed by atoms with Gasteiger partial charge >= 0.3 is 0 Å². The zero-order valence-electron chi connectivity index (χ0n) is 38.0. The number of hydrogen-bond acceptors (Lipinski definition) is 2. The minimum atomic E-state index is 0.554. The first-order chi connectivity index (χ1) is 31.0. The average Bonchev–Trinajstić information content (AvgIpc) is 3.35. The van der Waals surface area contributed by atoms with Crippen molar-refractivity contribution < 1.29 is 0 Å². The molecule has 0 bridgehead atoms. The van der Waals surface area contributed by atoms with Crippen molar-refractivity contribution in [3.8, 4) is 0 Å². The van der Waals surface area contributed by atoms with Gasteiger partial charge in [0.2, 0.25) is 0 Å². The van der Waals surface area contributed by atoms with E-state index in [1.54, 1.807) is 0 Å². The van der Waals surface area contributed by atoms with Gasteiger partial charge in [-0.2, -0.15) is 0 Å². The molecular weight excluding hydrogens is 761 g/mol. The molecule has 2 unspecified atom stereocenters. The van der Waals surface area contributed by atoms with Gasteiger partial charge in [-0.1, -0.05) is 206 Å². The molecule has 1 fully saturated rings. The fraction of sp³-hybridized carbons (Fsp3) is 0.246. The van der Waals surface area contributed by atoms with E-state index in [1.165, 1.54) is 73.6 Å². The van der Waals surface area contributed by atoms with Crippen LogP contribution in [0.2, 0.25) is 0 Å². The lowest BCUT2D eigenvalue weighted by Gasteiger charge is -2.26. The summed E-state index contributed by atoms with van der Waals surface area (Å²) in [5.41, 5.74) is 14.3. The summed E-state index contributed by atoms with van der Waals surface area (Å²) in [5, 5.41) is 0. The third-order valence-corrected chi connectivity index (χ3v) is 12.5. The Labute approximate surface area is 379 Å². The Morgan fingerprint density at radius 1 is 0.349 bits per heavy atom. The van der Waals surface area contributed by atoms with E-state index in [9.17, 15) is 0 Å². The van der Waals surface area contributed by atoms with Crippen molar-refractivity contribution in [2.75, 3.05) is 9.80 Å². The third kappa shape index (κ3) is 12.6. The number of para-hydroxylation sites is 2. The minimum absolute atomic E-state index is 0.554. The lowest BCUT2D eigenvalue weighted by molar-refractivity contribution is 0.504. The normalized spacial score (nSPS) is 13.6. The van der Waals surface area contributed by atoms with Gasteiger partial charge in [-0.3, -0.25) is 0 Å². The molecule has 8 rings (SSSR count). The topological polar surface area (TPSA) is 6.48 Å². The highest BCUT2D eigenvalue weighted by Gasteiger charge is 2.15. The van der Waals surface area contributed by atoms with E-state index in [2.05, 4.69) is 244 Å². The second-order valence-electron chi connectivity index (χ2n) is 17.2. The molecule has 0 N–H and O–H groups in total. The van der Waals surface area contributed by atoms with Crippen LogP contribution in [0.1, 0.15) is 131 Å². The van der Waals surface area contributed by atoms with Crippen LogP contribution in [0, 0.1) is 0 Å². The molecule has 2 heteroatoms. The van der Waals surface area contributed by atoms with E-state index in [0.717, 1.165) is 51.7 Å². The Bertz CT molecular complexity index is 2410. The Hall–Kier alpha value is -6.38. The molecule has 2 atom stereocenters. The first kappa shape index (κ1) is 44.7. The number of anilines is 6. The quantitative estimate of drug-likeness (QED) is 0.0950. The molecule has 0 heterocycles. The summed E-state index contributed by atoms with van der Waals surface area (Å²) in [7, 11) is 0. The second-order valence-corrected chi connectivity index (χ2v) is 17.2. The first-order valence-corrected chi connectivity index (χ1v) is 23.6. The zero-order valence-corrected chi connectivity index (χ0v) is 38.0. The van der Waals surface area contributed by atoms with E-state index >= 15 is 0 Å². The highest BCUT2D eigenvalue weighted by molar-refractivity contribution is 5.80. The molecule has 320 valence electrons. The summed E-state index contributed by atoms with van der Waals surface area (Å²) in [5.74, 6) is 1.12. The number of hydrogen-bond donors (Lipinski definition) is 0. The molecule has 0 aliphatic heterocycles. The molecule has 0 amide bonds. The predicted molar refractivity (Wildman–Crippen MR) is 276 cm³/mol. The predicted octanol–water partition coefficient (Wildman–Crippen LogP) is 18.7. The monoisotopic (exact) mass is 827 g/mol. The summed E-state index contributed by atoms with van der Waals surface area (Å²) in [4.78, 5) is 4.65. The van der Waals surface area contributed by atoms with Crippen LogP contribution in [0.3, 0.4) is 0 Å². The van der Waals surface area contributed by atoms with Gasteiger partial charge in [0.05, 0.1) is 0 Å². The van der Waals surface area contributed by atoms with Crippen LogP contribution < -0.4 is 9.80 Å². The van der Waals surface area contributed by atoms with Crippen LogP contribution in [-0.2, 0) is 0 Å². The molecule has 1 aliphatic rings. The lowest BCUT2D eigenvalue weighted by atomic mass is 9.96. The van der Waals surface area contributed by atoms with Crippen molar-refractivity contribution in [2.24, 2.45) is 0 Å². The summed E-state index contributed by atoms with van der Waals surface area (Å²) < 4.78 is 0. The summed E-state index contributed by atoms with van der Waals surface area (Å²) in [6.45, 7) is 9.11. The molecule has 0 saturated heterocycles. The van der Waals surface area contributed by atoms with E-state index in [1.807, 2.05) is 0 Å². The number of benzene rings is 7. The standard InChI is InChI=1S/C55H54N2.C6H12/c1-5-13-43(4)49-32-40-55(41-33-49)57(51-16-11-8-12-17-51)53-36-28-47(29-37-53)25-23-45-20-18-44(19-21-45)22-24-46-26-34-52(35-27-46)56(50-14-9-7-10-15-50)54-38-30-48(31-39-54)42(3)6-2;1-2-4-6-5-3-1/h7-12,14-43H,5-6,13H2,1-4H3;1-6H2/b24-22+,25-23+;. The SMILES string of the molecule is C1CCCCC1.CCCC(C)c1ccc(N(c2ccccc2)c2ccc(/C=C/c3ccc(/C=C/c4ccc(N(c5ccccc5)c5ccc(C(C)CC)cc5)cc4)cc3)cc2)cc1. The van der Waals surface area contributed by atoms with E-state index < -0.39 is 0 Å². The van der Waals surface area contributed by atoms with Crippen molar-refractivity contribution >= 4 is 58.4 Å². The Kier molecular flexibility index (Phi) is 16.4. The van der Waals surface area contributed by atoms with Crippen LogP contribution in [0.4, 0.5) is 34.1 Å². The van der Waals surface area contributed by atoms with E-state index in [4.69, 9.17) is 0 Å². The van der Waals surface area contributed by atoms with Crippen molar-refractivity contribution in [1.82, 2.24) is 0 Å². The molecular formula is C61H66N2. The van der Waals surface area contributed by atoms with Crippen molar-refractivity contribution in [3.05, 3.63) is 215 Å². The van der Waals surface area contributed by atoms with Crippen molar-refractivity contribution in [3.63, 3.8) is 0 Å². The van der Waals surface area contributed by atoms with Gasteiger partial charge in [0.25, 0.3) is 0 Å². The van der Waals surface area contributed by atoms with Gasteiger partial charge < -0.3 is 9.80 Å². The van der Waals surface area contributed by atoms with Crippen LogP contribution in [0.5, 0.6) is 0 Å². The van der Waals surface area contributed by atoms with E-state index in [0.29, 0.717) is 11.8 Å². The second kappa shape index (κ2) is 23.2. The highest BCUT2D eigenvalue weighted by Crippen LogP contribution is 2.37. The maximum absolute atomic E-state index is 2.33. The van der Waals surface area contributed by atoms with Crippen LogP contribution >= 0.6 is 0 Å². The average molecular weight is 827 g/mol. The molecule has 7 aromatic rings. The smallest absolute Gasteiger partial charge is 0.0462 e. The van der Waals surface area contributed by atoms with Crippen molar-refractivity contribution in [1.29, 1.82) is 0 Å². The minimum Gasteiger partial charge on any atom is -0.311 e. The fourth-order valence-electron chi connectivity index (χ4n) is 8.42. The van der Waals surface area contributed by atoms with Crippen molar-refractivity contribution in [2.45, 2.75) is 97.3 Å². The Morgan fingerprint density at radius 3 is 0.921 bits per heavy atom. The summed E-state index contributed by atoms with van der Waals surface area (Å²) in [6.07, 6.45) is 21.3. The number of rotatable bonds is 15. The third-order valence-electron chi connectivity index (χ3n) is 12.5. The molecule has 63 heavy (non-hydrogen) atoms. The molecule has 1 saturated carbocycles. The van der Waals surface area contributed by atoms with Crippen LogP contribution in [0.25, 0.3) is 24.3 Å². The van der Waals surface area contributed by atoms with Gasteiger partial charge in [0.15, 0.2) is 0 Å². The van der Waals surface area contributed by atoms with Gasteiger partial charge in [0, 0.05) is 34.1 Å². The van der Waals surface area contributed by atoms with Gasteiger partial charge in [0.1, 0.15) is 0 Å². The van der Waals surface area contributed by atoms with Gasteiger partial charge in [-0.15, -0.1) is 0 Å². The summed E-state index contributed by atoms with van der Waals surface area (Å²) >= 11 is 0. The molecule has 0 radical (unpaired) electrons. The van der Waals surface area contributed by atoms with Gasteiger partial charge in [-0.25, -0.2) is 0 Å². The van der Waals surface area contributed by atoms with Crippen LogP contribution in [-0.4, -0.2) is 0 Å². The lowest BCUT2D eigenvalue weighted by Crippen LogP contribution is -2.10. The maximum atomic E-state index is 2.33. The Morgan fingerprint density at radius 2 is 0.619 bits per heavy atom. The molecule has 0 aromatic heterocycles. The van der Waals surface area contributed by atoms with Gasteiger partial charge in [-0.05, 0) is 131 Å². The largest absolute Gasteiger partial charge is 0.311 e. The molecule has 2 nitrogen and oxygen atoms in total. The van der Waals surface area contributed by atoms with E-state index in [-0.39, 0.29) is 0 Å². The molecule has 0 spiro atoms. The maximum Gasteiger partial charge on any atom is 0.0462 e.